The Hall–Kier alpha value is -0.0800. The first-order chi connectivity index (χ1) is 6.56. The first kappa shape index (κ1) is 12.0. The van der Waals surface area contributed by atoms with Crippen LogP contribution in [0.4, 0.5) is 0 Å². The molecule has 1 heterocycles. The summed E-state index contributed by atoms with van der Waals surface area (Å²) < 4.78 is 0. The molecular weight excluding hydrogens is 172 g/mol. The van der Waals surface area contributed by atoms with Gasteiger partial charge in [0.1, 0.15) is 0 Å². The van der Waals surface area contributed by atoms with Crippen LogP contribution in [-0.4, -0.2) is 38.1 Å². The number of rotatable bonds is 5. The van der Waals surface area contributed by atoms with Crippen LogP contribution in [0.1, 0.15) is 33.6 Å². The lowest BCUT2D eigenvalue weighted by molar-refractivity contribution is 0.188. The number of nitrogens with zero attached hydrogens (tertiary/aromatic N) is 1. The third-order valence-corrected chi connectivity index (χ3v) is 3.43. The summed E-state index contributed by atoms with van der Waals surface area (Å²) in [6, 6.07) is 0. The van der Waals surface area contributed by atoms with E-state index in [1.54, 1.807) is 0 Å². The second-order valence-corrected chi connectivity index (χ2v) is 5.45. The lowest BCUT2D eigenvalue weighted by atomic mass is 9.89. The molecule has 0 saturated carbocycles. The summed E-state index contributed by atoms with van der Waals surface area (Å²) in [6.07, 6.45) is 2.62. The summed E-state index contributed by atoms with van der Waals surface area (Å²) in [7, 11) is 2.26. The number of nitrogens with one attached hydrogen (secondary N) is 1. The van der Waals surface area contributed by atoms with Crippen LogP contribution in [0.25, 0.3) is 0 Å². The maximum Gasteiger partial charge on any atom is 0.00450 e. The van der Waals surface area contributed by atoms with Gasteiger partial charge in [-0.15, -0.1) is 0 Å². The third-order valence-electron chi connectivity index (χ3n) is 3.43. The van der Waals surface area contributed by atoms with Crippen LogP contribution in [0.5, 0.6) is 0 Å². The van der Waals surface area contributed by atoms with E-state index in [0.29, 0.717) is 5.41 Å². The number of hydrogen-bond acceptors (Lipinski definition) is 2. The van der Waals surface area contributed by atoms with E-state index >= 15 is 0 Å². The molecule has 2 heteroatoms. The molecule has 84 valence electrons. The van der Waals surface area contributed by atoms with E-state index in [1.165, 1.54) is 39.0 Å². The zero-order valence-corrected chi connectivity index (χ0v) is 10.3. The molecule has 1 N–H and O–H groups in total. The Labute approximate surface area is 89.1 Å². The average molecular weight is 198 g/mol. The van der Waals surface area contributed by atoms with Crippen LogP contribution in [-0.2, 0) is 0 Å². The highest BCUT2D eigenvalue weighted by Crippen LogP contribution is 2.25. The van der Waals surface area contributed by atoms with Crippen molar-refractivity contribution < 1.29 is 0 Å². The standard InChI is InChI=1S/C12H26N2/c1-5-11(2)8-14(4)10-12(3)6-7-13-9-12/h11,13H,5-10H2,1-4H3. The van der Waals surface area contributed by atoms with Gasteiger partial charge in [-0.3, -0.25) is 0 Å². The molecule has 0 aromatic carbocycles. The fourth-order valence-corrected chi connectivity index (χ4v) is 2.38. The van der Waals surface area contributed by atoms with Crippen LogP contribution in [0.15, 0.2) is 0 Å². The maximum atomic E-state index is 3.46. The molecule has 2 unspecified atom stereocenters. The first-order valence-electron chi connectivity index (χ1n) is 5.95. The van der Waals surface area contributed by atoms with Crippen molar-refractivity contribution in [2.45, 2.75) is 33.6 Å². The molecule has 1 rings (SSSR count). The van der Waals surface area contributed by atoms with Crippen LogP contribution < -0.4 is 5.32 Å². The van der Waals surface area contributed by atoms with E-state index in [-0.39, 0.29) is 0 Å². The Morgan fingerprint density at radius 1 is 1.50 bits per heavy atom. The summed E-state index contributed by atoms with van der Waals surface area (Å²) in [5.41, 5.74) is 0.516. The van der Waals surface area contributed by atoms with E-state index < -0.39 is 0 Å². The van der Waals surface area contributed by atoms with Crippen LogP contribution >= 0.6 is 0 Å². The molecule has 0 radical (unpaired) electrons. The molecule has 1 saturated heterocycles. The molecular formula is C12H26N2. The van der Waals surface area contributed by atoms with Gasteiger partial charge in [-0.25, -0.2) is 0 Å². The molecule has 1 fully saturated rings. The average Bonchev–Trinajstić information content (AvgIpc) is 2.51. The monoisotopic (exact) mass is 198 g/mol. The predicted molar refractivity (Wildman–Crippen MR) is 62.5 cm³/mol. The van der Waals surface area contributed by atoms with Crippen molar-refractivity contribution in [3.63, 3.8) is 0 Å². The second kappa shape index (κ2) is 5.13. The fraction of sp³-hybridized carbons (Fsp3) is 1.00. The van der Waals surface area contributed by atoms with Gasteiger partial charge in [-0.05, 0) is 31.3 Å². The molecule has 0 aromatic rings. The van der Waals surface area contributed by atoms with Crippen LogP contribution in [0, 0.1) is 11.3 Å². The molecule has 0 aliphatic carbocycles. The van der Waals surface area contributed by atoms with Crippen molar-refractivity contribution in [1.29, 1.82) is 0 Å². The van der Waals surface area contributed by atoms with Crippen molar-refractivity contribution in [3.05, 3.63) is 0 Å². The van der Waals surface area contributed by atoms with Crippen molar-refractivity contribution in [1.82, 2.24) is 10.2 Å². The Morgan fingerprint density at radius 2 is 2.21 bits per heavy atom. The minimum absolute atomic E-state index is 0.516. The topological polar surface area (TPSA) is 15.3 Å². The van der Waals surface area contributed by atoms with Crippen molar-refractivity contribution in [3.8, 4) is 0 Å². The summed E-state index contributed by atoms with van der Waals surface area (Å²) in [5.74, 6) is 0.831. The van der Waals surface area contributed by atoms with Crippen molar-refractivity contribution in [2.75, 3.05) is 33.2 Å². The zero-order chi connectivity index (χ0) is 10.6. The maximum absolute atomic E-state index is 3.46. The van der Waals surface area contributed by atoms with Gasteiger partial charge in [-0.1, -0.05) is 27.2 Å². The predicted octanol–water partition coefficient (Wildman–Crippen LogP) is 1.96. The van der Waals surface area contributed by atoms with Crippen molar-refractivity contribution in [2.24, 2.45) is 11.3 Å². The van der Waals surface area contributed by atoms with Crippen molar-refractivity contribution >= 4 is 0 Å². The summed E-state index contributed by atoms with van der Waals surface area (Å²) in [4.78, 5) is 2.50. The lowest BCUT2D eigenvalue weighted by Crippen LogP contribution is -2.37. The van der Waals surface area contributed by atoms with Gasteiger partial charge in [0.05, 0.1) is 0 Å². The van der Waals surface area contributed by atoms with Crippen LogP contribution in [0.3, 0.4) is 0 Å². The molecule has 2 nitrogen and oxygen atoms in total. The van der Waals surface area contributed by atoms with Gasteiger partial charge in [0.15, 0.2) is 0 Å². The van der Waals surface area contributed by atoms with E-state index in [1.807, 2.05) is 0 Å². The van der Waals surface area contributed by atoms with Gasteiger partial charge in [0, 0.05) is 19.6 Å². The molecule has 0 spiro atoms. The highest BCUT2D eigenvalue weighted by molar-refractivity contribution is 4.86. The van der Waals surface area contributed by atoms with Gasteiger partial charge in [-0.2, -0.15) is 0 Å². The molecule has 0 bridgehead atoms. The second-order valence-electron chi connectivity index (χ2n) is 5.45. The molecule has 0 amide bonds. The van der Waals surface area contributed by atoms with Gasteiger partial charge < -0.3 is 10.2 Å². The molecule has 2 atom stereocenters. The largest absolute Gasteiger partial charge is 0.316 e. The smallest absolute Gasteiger partial charge is 0.00450 e. The SMILES string of the molecule is CCC(C)CN(C)CC1(C)CCNC1. The quantitative estimate of drug-likeness (QED) is 0.726. The summed E-state index contributed by atoms with van der Waals surface area (Å²) in [6.45, 7) is 11.9. The fourth-order valence-electron chi connectivity index (χ4n) is 2.38. The highest BCUT2D eigenvalue weighted by atomic mass is 15.1. The normalized spacial score (nSPS) is 29.8. The molecule has 1 aliphatic heterocycles. The summed E-state index contributed by atoms with van der Waals surface area (Å²) in [5, 5.41) is 3.46. The van der Waals surface area contributed by atoms with E-state index in [4.69, 9.17) is 0 Å². The van der Waals surface area contributed by atoms with E-state index in [9.17, 15) is 0 Å². The van der Waals surface area contributed by atoms with Crippen LogP contribution in [0.2, 0.25) is 0 Å². The Morgan fingerprint density at radius 3 is 2.71 bits per heavy atom. The Kier molecular flexibility index (Phi) is 4.39. The molecule has 14 heavy (non-hydrogen) atoms. The first-order valence-corrected chi connectivity index (χ1v) is 5.95. The molecule has 0 aromatic heterocycles. The van der Waals surface area contributed by atoms with E-state index in [0.717, 1.165) is 5.92 Å². The Balaban J connectivity index is 2.28. The number of hydrogen-bond donors (Lipinski definition) is 1. The van der Waals surface area contributed by atoms with Gasteiger partial charge in [0.2, 0.25) is 0 Å². The zero-order valence-electron chi connectivity index (χ0n) is 10.3. The third kappa shape index (κ3) is 3.58. The van der Waals surface area contributed by atoms with Gasteiger partial charge >= 0.3 is 0 Å². The minimum atomic E-state index is 0.516. The van der Waals surface area contributed by atoms with Gasteiger partial charge in [0.25, 0.3) is 0 Å². The highest BCUT2D eigenvalue weighted by Gasteiger charge is 2.29. The minimum Gasteiger partial charge on any atom is -0.316 e. The Bertz CT molecular complexity index is 162. The van der Waals surface area contributed by atoms with E-state index in [2.05, 4.69) is 38.0 Å². The lowest BCUT2D eigenvalue weighted by Gasteiger charge is -2.30. The summed E-state index contributed by atoms with van der Waals surface area (Å²) >= 11 is 0. The molecule has 1 aliphatic rings.